The summed E-state index contributed by atoms with van der Waals surface area (Å²) in [7, 11) is -3.83. The Labute approximate surface area is 195 Å². The fraction of sp³-hybridized carbons (Fsp3) is 0.227. The predicted molar refractivity (Wildman–Crippen MR) is 125 cm³/mol. The summed E-state index contributed by atoms with van der Waals surface area (Å²) in [5, 5.41) is 1.65. The average Bonchev–Trinajstić information content (AvgIpc) is 3.39. The molecule has 1 aromatic carbocycles. The number of amides is 1. The van der Waals surface area contributed by atoms with E-state index in [1.165, 1.54) is 18.2 Å². The van der Waals surface area contributed by atoms with E-state index in [1.807, 2.05) is 18.2 Å². The first-order valence-electron chi connectivity index (χ1n) is 10.2. The zero-order valence-corrected chi connectivity index (χ0v) is 19.2. The number of benzene rings is 1. The molecular formula is C22H22N4O5S2. The predicted octanol–water partition coefficient (Wildman–Crippen LogP) is 2.45. The highest BCUT2D eigenvalue weighted by atomic mass is 32.2. The van der Waals surface area contributed by atoms with Gasteiger partial charge in [0.2, 0.25) is 0 Å². The molecule has 11 heteroatoms. The van der Waals surface area contributed by atoms with Crippen molar-refractivity contribution in [1.29, 1.82) is 0 Å². The van der Waals surface area contributed by atoms with Gasteiger partial charge in [-0.3, -0.25) is 9.52 Å². The molecule has 1 N–H and O–H groups in total. The molecular weight excluding hydrogens is 464 g/mol. The molecule has 172 valence electrons. The van der Waals surface area contributed by atoms with Crippen LogP contribution in [0.3, 0.4) is 0 Å². The van der Waals surface area contributed by atoms with Crippen LogP contribution in [0.15, 0.2) is 70.4 Å². The number of carbonyl (C=O) groups excluding carboxylic acids is 2. The maximum Gasteiger partial charge on any atom is 0.340 e. The first kappa shape index (κ1) is 22.7. The van der Waals surface area contributed by atoms with Crippen LogP contribution in [-0.4, -0.2) is 63.0 Å². The van der Waals surface area contributed by atoms with Crippen LogP contribution >= 0.6 is 11.3 Å². The van der Waals surface area contributed by atoms with Gasteiger partial charge in [0, 0.05) is 32.4 Å². The molecule has 0 aliphatic carbocycles. The number of aromatic nitrogens is 1. The second-order valence-electron chi connectivity index (χ2n) is 7.22. The molecule has 33 heavy (non-hydrogen) atoms. The molecule has 1 saturated heterocycles. The normalized spacial score (nSPS) is 14.1. The van der Waals surface area contributed by atoms with Gasteiger partial charge < -0.3 is 14.5 Å². The Morgan fingerprint density at radius 2 is 1.76 bits per heavy atom. The largest absolute Gasteiger partial charge is 0.452 e. The number of nitrogens with one attached hydrogen (secondary N) is 1. The fourth-order valence-corrected chi connectivity index (χ4v) is 5.46. The van der Waals surface area contributed by atoms with E-state index in [0.29, 0.717) is 26.2 Å². The topological polar surface area (TPSA) is 109 Å². The number of ether oxygens (including phenoxy) is 1. The maximum atomic E-state index is 12.6. The highest BCUT2D eigenvalue weighted by molar-refractivity contribution is 7.94. The minimum absolute atomic E-state index is 0.0328. The number of esters is 1. The van der Waals surface area contributed by atoms with Crippen molar-refractivity contribution < 1.29 is 22.7 Å². The van der Waals surface area contributed by atoms with Crippen molar-refractivity contribution in [2.24, 2.45) is 0 Å². The number of hydrogen-bond acceptors (Lipinski definition) is 8. The van der Waals surface area contributed by atoms with Crippen molar-refractivity contribution in [3.8, 4) is 0 Å². The lowest BCUT2D eigenvalue weighted by atomic mass is 10.2. The van der Waals surface area contributed by atoms with Gasteiger partial charge in [-0.2, -0.15) is 0 Å². The number of sulfonamides is 1. The Hall–Kier alpha value is -3.44. The van der Waals surface area contributed by atoms with Gasteiger partial charge in [-0.05, 0) is 35.7 Å². The third-order valence-electron chi connectivity index (χ3n) is 5.08. The summed E-state index contributed by atoms with van der Waals surface area (Å²) >= 11 is 1.07. The summed E-state index contributed by atoms with van der Waals surface area (Å²) in [6.45, 7) is 1.82. The molecule has 0 unspecified atom stereocenters. The number of hydrogen-bond donors (Lipinski definition) is 1. The number of piperazine rings is 1. The van der Waals surface area contributed by atoms with E-state index in [9.17, 15) is 18.0 Å². The zero-order valence-electron chi connectivity index (χ0n) is 17.6. The number of anilines is 2. The van der Waals surface area contributed by atoms with Crippen LogP contribution in [0.5, 0.6) is 0 Å². The third kappa shape index (κ3) is 5.49. The van der Waals surface area contributed by atoms with Crippen molar-refractivity contribution in [3.05, 3.63) is 71.7 Å². The fourth-order valence-electron chi connectivity index (χ4n) is 3.38. The smallest absolute Gasteiger partial charge is 0.340 e. The highest BCUT2D eigenvalue weighted by Gasteiger charge is 2.24. The number of carbonyl (C=O) groups is 2. The minimum Gasteiger partial charge on any atom is -0.452 e. The lowest BCUT2D eigenvalue weighted by molar-refractivity contribution is -0.134. The van der Waals surface area contributed by atoms with Gasteiger partial charge in [-0.15, -0.1) is 11.3 Å². The van der Waals surface area contributed by atoms with Crippen LogP contribution in [0.25, 0.3) is 0 Å². The summed E-state index contributed by atoms with van der Waals surface area (Å²) in [6.07, 6.45) is 1.73. The van der Waals surface area contributed by atoms with Gasteiger partial charge in [-0.25, -0.2) is 18.2 Å². The molecule has 9 nitrogen and oxygen atoms in total. The second-order valence-corrected chi connectivity index (χ2v) is 10.1. The van der Waals surface area contributed by atoms with E-state index >= 15 is 0 Å². The van der Waals surface area contributed by atoms with Crippen LogP contribution < -0.4 is 9.62 Å². The Bertz CT molecular complexity index is 1210. The van der Waals surface area contributed by atoms with Gasteiger partial charge in [0.25, 0.3) is 15.9 Å². The Morgan fingerprint density at radius 3 is 2.45 bits per heavy atom. The molecule has 0 saturated carbocycles. The standard InChI is InChI=1S/C22H22N4O5S2/c27-20(26-13-11-25(12-14-26)19-8-3-4-10-23-19)16-31-22(28)17-6-1-2-7-18(17)24-33(29,30)21-9-5-15-32-21/h1-10,15,24H,11-14,16H2. The molecule has 0 atom stereocenters. The van der Waals surface area contributed by atoms with Crippen LogP contribution in [0, 0.1) is 0 Å². The average molecular weight is 487 g/mol. The highest BCUT2D eigenvalue weighted by Crippen LogP contribution is 2.23. The van der Waals surface area contributed by atoms with Crippen molar-refractivity contribution in [1.82, 2.24) is 9.88 Å². The SMILES string of the molecule is O=C(OCC(=O)N1CCN(c2ccccn2)CC1)c1ccccc1NS(=O)(=O)c1cccs1. The van der Waals surface area contributed by atoms with Crippen molar-refractivity contribution in [2.45, 2.75) is 4.21 Å². The van der Waals surface area contributed by atoms with E-state index in [-0.39, 0.29) is 21.4 Å². The summed E-state index contributed by atoms with van der Waals surface area (Å²) in [4.78, 5) is 33.2. The Kier molecular flexibility index (Phi) is 6.90. The molecule has 1 fully saturated rings. The van der Waals surface area contributed by atoms with E-state index in [2.05, 4.69) is 14.6 Å². The van der Waals surface area contributed by atoms with E-state index < -0.39 is 22.6 Å². The summed E-state index contributed by atoms with van der Waals surface area (Å²) in [5.74, 6) is -0.224. The van der Waals surface area contributed by atoms with Crippen LogP contribution in [-0.2, 0) is 19.6 Å². The van der Waals surface area contributed by atoms with Gasteiger partial charge in [0.15, 0.2) is 6.61 Å². The van der Waals surface area contributed by atoms with Crippen LogP contribution in [0.4, 0.5) is 11.5 Å². The molecule has 0 spiro atoms. The molecule has 1 aliphatic heterocycles. The monoisotopic (exact) mass is 486 g/mol. The van der Waals surface area contributed by atoms with Crippen molar-refractivity contribution in [3.63, 3.8) is 0 Å². The lowest BCUT2D eigenvalue weighted by Crippen LogP contribution is -2.50. The molecule has 0 bridgehead atoms. The van der Waals surface area contributed by atoms with Gasteiger partial charge in [0.1, 0.15) is 10.0 Å². The number of nitrogens with zero attached hydrogens (tertiary/aromatic N) is 3. The molecule has 4 rings (SSSR count). The number of para-hydroxylation sites is 1. The van der Waals surface area contributed by atoms with Gasteiger partial charge in [0.05, 0.1) is 11.3 Å². The van der Waals surface area contributed by atoms with E-state index in [1.54, 1.807) is 34.7 Å². The van der Waals surface area contributed by atoms with E-state index in [4.69, 9.17) is 4.74 Å². The molecule has 3 aromatic rings. The molecule has 2 aromatic heterocycles. The van der Waals surface area contributed by atoms with Crippen LogP contribution in [0.1, 0.15) is 10.4 Å². The number of thiophene rings is 1. The van der Waals surface area contributed by atoms with Crippen LogP contribution in [0.2, 0.25) is 0 Å². The van der Waals surface area contributed by atoms with Gasteiger partial charge >= 0.3 is 5.97 Å². The zero-order chi connectivity index (χ0) is 23.3. The summed E-state index contributed by atoms with van der Waals surface area (Å²) in [5.41, 5.74) is 0.123. The second kappa shape index (κ2) is 10.0. The molecule has 1 amide bonds. The first-order valence-corrected chi connectivity index (χ1v) is 12.6. The summed E-state index contributed by atoms with van der Waals surface area (Å²) in [6, 6.07) is 14.9. The number of rotatable bonds is 7. The Morgan fingerprint density at radius 1 is 1.00 bits per heavy atom. The molecule has 3 heterocycles. The van der Waals surface area contributed by atoms with Crippen molar-refractivity contribution in [2.75, 3.05) is 42.4 Å². The lowest BCUT2D eigenvalue weighted by Gasteiger charge is -2.35. The Balaban J connectivity index is 1.33. The summed E-state index contributed by atoms with van der Waals surface area (Å²) < 4.78 is 32.8. The molecule has 0 radical (unpaired) electrons. The minimum atomic E-state index is -3.83. The molecule has 1 aliphatic rings. The quantitative estimate of drug-likeness (QED) is 0.511. The van der Waals surface area contributed by atoms with Gasteiger partial charge in [-0.1, -0.05) is 24.3 Å². The van der Waals surface area contributed by atoms with E-state index in [0.717, 1.165) is 17.2 Å². The maximum absolute atomic E-state index is 12.6. The third-order valence-corrected chi connectivity index (χ3v) is 7.85. The van der Waals surface area contributed by atoms with Crippen molar-refractivity contribution >= 4 is 44.7 Å². The first-order chi connectivity index (χ1) is 15.9. The number of pyridine rings is 1.